The van der Waals surface area contributed by atoms with E-state index in [1.807, 2.05) is 6.07 Å². The lowest BCUT2D eigenvalue weighted by Crippen LogP contribution is -2.26. The minimum atomic E-state index is -3.53. The smallest absolute Gasteiger partial charge is 0.208 e. The van der Waals surface area contributed by atoms with Crippen molar-refractivity contribution < 1.29 is 8.42 Å². The van der Waals surface area contributed by atoms with Gasteiger partial charge in [-0.05, 0) is 31.4 Å². The average Bonchev–Trinajstić information content (AvgIpc) is 3.00. The molecule has 0 aliphatic heterocycles. The fraction of sp³-hybridized carbons (Fsp3) is 0.364. The van der Waals surface area contributed by atoms with E-state index in [0.717, 1.165) is 12.8 Å². The van der Waals surface area contributed by atoms with Gasteiger partial charge in [-0.1, -0.05) is 12.1 Å². The Labute approximate surface area is 95.0 Å². The fourth-order valence-electron chi connectivity index (χ4n) is 1.49. The molecule has 0 unspecified atom stereocenters. The highest BCUT2D eigenvalue weighted by Gasteiger charge is 2.29. The molecule has 0 spiro atoms. The molecular weight excluding hydrogens is 224 g/mol. The Bertz CT molecular complexity index is 554. The normalized spacial score (nSPS) is 15.8. The van der Waals surface area contributed by atoms with Crippen LogP contribution in [0.5, 0.6) is 0 Å². The minimum Gasteiger partial charge on any atom is -0.208 e. The van der Waals surface area contributed by atoms with Crippen LogP contribution in [0.3, 0.4) is 0 Å². The molecule has 0 heterocycles. The van der Waals surface area contributed by atoms with Crippen molar-refractivity contribution in [3.05, 3.63) is 29.3 Å². The van der Waals surface area contributed by atoms with Crippen molar-refractivity contribution in [2.45, 2.75) is 30.7 Å². The highest BCUT2D eigenvalue weighted by molar-refractivity contribution is 7.89. The van der Waals surface area contributed by atoms with Gasteiger partial charge in [0.15, 0.2) is 0 Å². The number of hydrogen-bond acceptors (Lipinski definition) is 3. The molecule has 84 valence electrons. The van der Waals surface area contributed by atoms with E-state index in [-0.39, 0.29) is 16.5 Å². The molecule has 4 nitrogen and oxygen atoms in total. The molecule has 5 heteroatoms. The summed E-state index contributed by atoms with van der Waals surface area (Å²) in [5.74, 6) is 0. The molecule has 1 N–H and O–H groups in total. The van der Waals surface area contributed by atoms with Gasteiger partial charge in [0.05, 0.1) is 5.56 Å². The lowest BCUT2D eigenvalue weighted by atomic mass is 10.1. The zero-order valence-corrected chi connectivity index (χ0v) is 9.71. The average molecular weight is 236 g/mol. The number of nitrogens with zero attached hydrogens (tertiary/aromatic N) is 1. The lowest BCUT2D eigenvalue weighted by molar-refractivity contribution is 0.580. The Kier molecular flexibility index (Phi) is 2.70. The number of sulfonamides is 1. The maximum Gasteiger partial charge on any atom is 0.242 e. The van der Waals surface area contributed by atoms with Gasteiger partial charge in [-0.2, -0.15) is 5.26 Å². The number of rotatable bonds is 3. The summed E-state index contributed by atoms with van der Waals surface area (Å²) in [6, 6.07) is 6.85. The van der Waals surface area contributed by atoms with Crippen molar-refractivity contribution in [1.82, 2.24) is 4.72 Å². The molecule has 0 atom stereocenters. The molecule has 0 aromatic heterocycles. The van der Waals surface area contributed by atoms with Crippen LogP contribution in [0, 0.1) is 18.3 Å². The minimum absolute atomic E-state index is 0.0528. The molecule has 1 aromatic rings. The second-order valence-corrected chi connectivity index (χ2v) is 5.64. The van der Waals surface area contributed by atoms with Gasteiger partial charge in [0.2, 0.25) is 10.0 Å². The summed E-state index contributed by atoms with van der Waals surface area (Å²) in [7, 11) is -3.53. The first kappa shape index (κ1) is 11.1. The SMILES string of the molecule is Cc1cccc(S(=O)(=O)NC2CC2)c1C#N. The molecule has 1 saturated carbocycles. The van der Waals surface area contributed by atoms with Crippen molar-refractivity contribution in [2.75, 3.05) is 0 Å². The third kappa shape index (κ3) is 2.08. The van der Waals surface area contributed by atoms with E-state index in [2.05, 4.69) is 4.72 Å². The summed E-state index contributed by atoms with van der Waals surface area (Å²) < 4.78 is 26.5. The van der Waals surface area contributed by atoms with E-state index in [0.29, 0.717) is 5.56 Å². The van der Waals surface area contributed by atoms with E-state index < -0.39 is 10.0 Å². The van der Waals surface area contributed by atoms with Crippen LogP contribution in [0.2, 0.25) is 0 Å². The predicted octanol–water partition coefficient (Wildman–Crippen LogP) is 1.31. The van der Waals surface area contributed by atoms with Gasteiger partial charge >= 0.3 is 0 Å². The maximum absolute atomic E-state index is 12.0. The number of nitriles is 1. The first-order chi connectivity index (χ1) is 7.54. The van der Waals surface area contributed by atoms with Crippen molar-refractivity contribution in [1.29, 1.82) is 5.26 Å². The standard InChI is InChI=1S/C11H12N2O2S/c1-8-3-2-4-11(10(8)7-12)16(14,15)13-9-5-6-9/h2-4,9,13H,5-6H2,1H3. The van der Waals surface area contributed by atoms with Gasteiger partial charge in [-0.3, -0.25) is 0 Å². The third-order valence-electron chi connectivity index (χ3n) is 2.54. The zero-order valence-electron chi connectivity index (χ0n) is 8.90. The van der Waals surface area contributed by atoms with Crippen molar-refractivity contribution in [3.63, 3.8) is 0 Å². The Morgan fingerprint density at radius 3 is 2.69 bits per heavy atom. The molecule has 1 fully saturated rings. The largest absolute Gasteiger partial charge is 0.242 e. The summed E-state index contributed by atoms with van der Waals surface area (Å²) in [5.41, 5.74) is 0.914. The second-order valence-electron chi connectivity index (χ2n) is 3.96. The van der Waals surface area contributed by atoms with Gasteiger partial charge in [0, 0.05) is 6.04 Å². The monoisotopic (exact) mass is 236 g/mol. The molecule has 0 amide bonds. The highest BCUT2D eigenvalue weighted by atomic mass is 32.2. The summed E-state index contributed by atoms with van der Waals surface area (Å²) in [4.78, 5) is 0.0851. The van der Waals surface area contributed by atoms with Crippen molar-refractivity contribution in [3.8, 4) is 6.07 Å². The quantitative estimate of drug-likeness (QED) is 0.860. The first-order valence-corrected chi connectivity index (χ1v) is 6.55. The molecule has 1 aliphatic carbocycles. The molecule has 0 bridgehead atoms. The summed E-state index contributed by atoms with van der Waals surface area (Å²) in [5, 5.41) is 8.97. The van der Waals surface area contributed by atoms with Crippen molar-refractivity contribution >= 4 is 10.0 Å². The Morgan fingerprint density at radius 2 is 2.12 bits per heavy atom. The summed E-state index contributed by atoms with van der Waals surface area (Å²) in [6.45, 7) is 1.73. The van der Waals surface area contributed by atoms with Crippen LogP contribution in [0.1, 0.15) is 24.0 Å². The molecule has 2 rings (SSSR count). The van der Waals surface area contributed by atoms with Gasteiger partial charge in [0.25, 0.3) is 0 Å². The molecule has 16 heavy (non-hydrogen) atoms. The van der Waals surface area contributed by atoms with Crippen LogP contribution < -0.4 is 4.72 Å². The summed E-state index contributed by atoms with van der Waals surface area (Å²) in [6.07, 6.45) is 1.76. The Morgan fingerprint density at radius 1 is 1.44 bits per heavy atom. The van der Waals surface area contributed by atoms with Crippen LogP contribution >= 0.6 is 0 Å². The maximum atomic E-state index is 12.0. The number of hydrogen-bond donors (Lipinski definition) is 1. The van der Waals surface area contributed by atoms with Gasteiger partial charge in [0.1, 0.15) is 11.0 Å². The number of nitrogens with one attached hydrogen (secondary N) is 1. The van der Waals surface area contributed by atoms with Gasteiger partial charge < -0.3 is 0 Å². The summed E-state index contributed by atoms with van der Waals surface area (Å²) >= 11 is 0. The van der Waals surface area contributed by atoms with Crippen LogP contribution in [-0.2, 0) is 10.0 Å². The highest BCUT2D eigenvalue weighted by Crippen LogP contribution is 2.24. The topological polar surface area (TPSA) is 70.0 Å². The zero-order chi connectivity index (χ0) is 11.8. The molecule has 0 radical (unpaired) electrons. The van der Waals surface area contributed by atoms with E-state index in [4.69, 9.17) is 5.26 Å². The predicted molar refractivity (Wildman–Crippen MR) is 59.2 cm³/mol. The molecular formula is C11H12N2O2S. The molecule has 1 aliphatic rings. The Hall–Kier alpha value is -1.38. The third-order valence-corrected chi connectivity index (χ3v) is 4.10. The van der Waals surface area contributed by atoms with Crippen molar-refractivity contribution in [2.24, 2.45) is 0 Å². The van der Waals surface area contributed by atoms with Gasteiger partial charge in [-0.25, -0.2) is 13.1 Å². The van der Waals surface area contributed by atoms with Gasteiger partial charge in [-0.15, -0.1) is 0 Å². The van der Waals surface area contributed by atoms with Crippen LogP contribution in [0.25, 0.3) is 0 Å². The lowest BCUT2D eigenvalue weighted by Gasteiger charge is -2.08. The van der Waals surface area contributed by atoms with Crippen LogP contribution in [0.15, 0.2) is 23.1 Å². The molecule has 1 aromatic carbocycles. The van der Waals surface area contributed by atoms with E-state index in [1.54, 1.807) is 19.1 Å². The number of aryl methyl sites for hydroxylation is 1. The number of benzene rings is 1. The van der Waals surface area contributed by atoms with E-state index in [9.17, 15) is 8.42 Å². The van der Waals surface area contributed by atoms with Crippen LogP contribution in [0.4, 0.5) is 0 Å². The molecule has 0 saturated heterocycles. The Balaban J connectivity index is 2.47. The second kappa shape index (κ2) is 3.89. The fourth-order valence-corrected chi connectivity index (χ4v) is 3.03. The van der Waals surface area contributed by atoms with E-state index >= 15 is 0 Å². The first-order valence-electron chi connectivity index (χ1n) is 5.06. The van der Waals surface area contributed by atoms with Crippen LogP contribution in [-0.4, -0.2) is 14.5 Å². The van der Waals surface area contributed by atoms with E-state index in [1.165, 1.54) is 6.07 Å².